The van der Waals surface area contributed by atoms with E-state index in [2.05, 4.69) is 31.1 Å². The third-order valence-electron chi connectivity index (χ3n) is 3.83. The van der Waals surface area contributed by atoms with Crippen molar-refractivity contribution in [2.75, 3.05) is 31.1 Å². The topological polar surface area (TPSA) is 48.5 Å². The van der Waals surface area contributed by atoms with Crippen LogP contribution in [0.2, 0.25) is 0 Å². The second kappa shape index (κ2) is 5.36. The van der Waals surface area contributed by atoms with Gasteiger partial charge in [0.1, 0.15) is 5.82 Å². The lowest BCUT2D eigenvalue weighted by molar-refractivity contribution is 0.186. The third-order valence-corrected chi connectivity index (χ3v) is 4.30. The normalized spacial score (nSPS) is 20.8. The van der Waals surface area contributed by atoms with Crippen molar-refractivity contribution < 1.29 is 4.79 Å². The van der Waals surface area contributed by atoms with Gasteiger partial charge in [-0.3, -0.25) is 0 Å². The Hall–Kier alpha value is -1.30. The Bertz CT molecular complexity index is 456. The quantitative estimate of drug-likeness (QED) is 0.903. The zero-order valence-corrected chi connectivity index (χ0v) is 12.3. The first-order chi connectivity index (χ1) is 9.24. The maximum Gasteiger partial charge on any atom is 0.317 e. The zero-order chi connectivity index (χ0) is 13.2. The minimum Gasteiger partial charge on any atom is -0.356 e. The zero-order valence-electron chi connectivity index (χ0n) is 10.7. The monoisotopic (exact) mass is 324 g/mol. The minimum atomic E-state index is 0.0974. The predicted octanol–water partition coefficient (Wildman–Crippen LogP) is 1.84. The van der Waals surface area contributed by atoms with E-state index in [1.165, 1.54) is 0 Å². The van der Waals surface area contributed by atoms with E-state index in [9.17, 15) is 4.79 Å². The first-order valence-corrected chi connectivity index (χ1v) is 7.44. The van der Waals surface area contributed by atoms with Crippen LogP contribution in [-0.4, -0.2) is 48.1 Å². The SMILES string of the molecule is O=C1NCCN1C1CCN(c2ccc(Br)cn2)CC1. The van der Waals surface area contributed by atoms with Gasteiger partial charge in [-0.25, -0.2) is 9.78 Å². The molecular weight excluding hydrogens is 308 g/mol. The van der Waals surface area contributed by atoms with Crippen LogP contribution in [-0.2, 0) is 0 Å². The molecule has 1 aromatic rings. The van der Waals surface area contributed by atoms with Gasteiger partial charge in [0.05, 0.1) is 0 Å². The van der Waals surface area contributed by atoms with Crippen molar-refractivity contribution in [3.8, 4) is 0 Å². The van der Waals surface area contributed by atoms with E-state index in [0.29, 0.717) is 6.04 Å². The number of nitrogens with one attached hydrogen (secondary N) is 1. The van der Waals surface area contributed by atoms with Crippen molar-refractivity contribution in [1.82, 2.24) is 15.2 Å². The Morgan fingerprint density at radius 2 is 2.05 bits per heavy atom. The number of piperidine rings is 1. The fourth-order valence-corrected chi connectivity index (χ4v) is 3.03. The maximum absolute atomic E-state index is 11.6. The summed E-state index contributed by atoms with van der Waals surface area (Å²) in [6.45, 7) is 3.56. The van der Waals surface area contributed by atoms with Gasteiger partial charge in [0.25, 0.3) is 0 Å². The smallest absolute Gasteiger partial charge is 0.317 e. The van der Waals surface area contributed by atoms with E-state index in [0.717, 1.165) is 49.3 Å². The number of carbonyl (C=O) groups is 1. The average Bonchev–Trinajstić information content (AvgIpc) is 2.86. The largest absolute Gasteiger partial charge is 0.356 e. The predicted molar refractivity (Wildman–Crippen MR) is 77.3 cm³/mol. The van der Waals surface area contributed by atoms with E-state index in [1.54, 1.807) is 0 Å². The fourth-order valence-electron chi connectivity index (χ4n) is 2.80. The summed E-state index contributed by atoms with van der Waals surface area (Å²) in [6, 6.07) is 4.53. The molecule has 102 valence electrons. The molecule has 0 aromatic carbocycles. The molecule has 0 aliphatic carbocycles. The Balaban J connectivity index is 1.60. The number of hydrogen-bond donors (Lipinski definition) is 1. The number of pyridine rings is 1. The van der Waals surface area contributed by atoms with Crippen LogP contribution < -0.4 is 10.2 Å². The average molecular weight is 325 g/mol. The highest BCUT2D eigenvalue weighted by Crippen LogP contribution is 2.22. The van der Waals surface area contributed by atoms with Gasteiger partial charge in [0, 0.05) is 42.9 Å². The summed E-state index contributed by atoms with van der Waals surface area (Å²) in [7, 11) is 0. The number of carbonyl (C=O) groups excluding carboxylic acids is 1. The van der Waals surface area contributed by atoms with Crippen molar-refractivity contribution in [3.05, 3.63) is 22.8 Å². The highest BCUT2D eigenvalue weighted by molar-refractivity contribution is 9.10. The van der Waals surface area contributed by atoms with E-state index in [-0.39, 0.29) is 6.03 Å². The van der Waals surface area contributed by atoms with Crippen LogP contribution in [0.4, 0.5) is 10.6 Å². The Morgan fingerprint density at radius 1 is 1.26 bits per heavy atom. The number of urea groups is 1. The van der Waals surface area contributed by atoms with Gasteiger partial charge in [-0.05, 0) is 40.9 Å². The molecule has 0 bridgehead atoms. The van der Waals surface area contributed by atoms with Crippen molar-refractivity contribution in [1.29, 1.82) is 0 Å². The minimum absolute atomic E-state index is 0.0974. The van der Waals surface area contributed by atoms with Crippen LogP contribution in [0.1, 0.15) is 12.8 Å². The Labute approximate surface area is 121 Å². The lowest BCUT2D eigenvalue weighted by Crippen LogP contribution is -2.46. The van der Waals surface area contributed by atoms with Crippen molar-refractivity contribution >= 4 is 27.8 Å². The lowest BCUT2D eigenvalue weighted by Gasteiger charge is -2.36. The number of hydrogen-bond acceptors (Lipinski definition) is 3. The molecule has 0 atom stereocenters. The molecule has 1 aromatic heterocycles. The summed E-state index contributed by atoms with van der Waals surface area (Å²) in [6.07, 6.45) is 3.87. The number of nitrogens with zero attached hydrogens (tertiary/aromatic N) is 3. The molecule has 0 unspecified atom stereocenters. The summed E-state index contributed by atoms with van der Waals surface area (Å²) in [5, 5.41) is 2.87. The molecule has 0 spiro atoms. The molecule has 2 fully saturated rings. The molecule has 2 saturated heterocycles. The van der Waals surface area contributed by atoms with Crippen LogP contribution >= 0.6 is 15.9 Å². The van der Waals surface area contributed by atoms with Crippen LogP contribution in [0, 0.1) is 0 Å². The molecule has 3 rings (SSSR count). The van der Waals surface area contributed by atoms with Gasteiger partial charge in [-0.1, -0.05) is 0 Å². The Morgan fingerprint density at radius 3 is 2.63 bits per heavy atom. The highest BCUT2D eigenvalue weighted by atomic mass is 79.9. The number of amides is 2. The molecule has 3 heterocycles. The second-order valence-corrected chi connectivity index (χ2v) is 5.89. The van der Waals surface area contributed by atoms with E-state index in [4.69, 9.17) is 0 Å². The number of halogens is 1. The Kier molecular flexibility index (Phi) is 3.59. The first-order valence-electron chi connectivity index (χ1n) is 6.65. The second-order valence-electron chi connectivity index (χ2n) is 4.98. The van der Waals surface area contributed by atoms with E-state index in [1.807, 2.05) is 23.2 Å². The van der Waals surface area contributed by atoms with Crippen molar-refractivity contribution in [2.24, 2.45) is 0 Å². The van der Waals surface area contributed by atoms with E-state index >= 15 is 0 Å². The van der Waals surface area contributed by atoms with Gasteiger partial charge in [-0.15, -0.1) is 0 Å². The number of rotatable bonds is 2. The summed E-state index contributed by atoms with van der Waals surface area (Å²) in [5.74, 6) is 1.02. The standard InChI is InChI=1S/C13H17BrN4O/c14-10-1-2-12(16-9-10)17-6-3-11(4-7-17)18-8-5-15-13(18)19/h1-2,9,11H,3-8H2,(H,15,19). The van der Waals surface area contributed by atoms with Crippen molar-refractivity contribution in [2.45, 2.75) is 18.9 Å². The fraction of sp³-hybridized carbons (Fsp3) is 0.538. The maximum atomic E-state index is 11.6. The summed E-state index contributed by atoms with van der Waals surface area (Å²) < 4.78 is 1.000. The van der Waals surface area contributed by atoms with Crippen LogP contribution in [0.5, 0.6) is 0 Å². The molecule has 5 nitrogen and oxygen atoms in total. The van der Waals surface area contributed by atoms with E-state index < -0.39 is 0 Å². The van der Waals surface area contributed by atoms with Crippen LogP contribution in [0.25, 0.3) is 0 Å². The molecule has 6 heteroatoms. The molecule has 0 saturated carbocycles. The van der Waals surface area contributed by atoms with Gasteiger partial charge < -0.3 is 15.1 Å². The molecule has 1 N–H and O–H groups in total. The molecule has 2 aliphatic heterocycles. The summed E-state index contributed by atoms with van der Waals surface area (Å²) in [4.78, 5) is 20.3. The molecule has 2 amide bonds. The van der Waals surface area contributed by atoms with Gasteiger partial charge in [0.2, 0.25) is 0 Å². The van der Waals surface area contributed by atoms with Gasteiger partial charge >= 0.3 is 6.03 Å². The molecule has 0 radical (unpaired) electrons. The highest BCUT2D eigenvalue weighted by Gasteiger charge is 2.30. The first kappa shape index (κ1) is 12.7. The van der Waals surface area contributed by atoms with Crippen molar-refractivity contribution in [3.63, 3.8) is 0 Å². The molecule has 2 aliphatic rings. The van der Waals surface area contributed by atoms with Gasteiger partial charge in [-0.2, -0.15) is 0 Å². The molecular formula is C13H17BrN4O. The van der Waals surface area contributed by atoms with Crippen LogP contribution in [0.3, 0.4) is 0 Å². The van der Waals surface area contributed by atoms with Crippen LogP contribution in [0.15, 0.2) is 22.8 Å². The van der Waals surface area contributed by atoms with Gasteiger partial charge in [0.15, 0.2) is 0 Å². The number of anilines is 1. The number of aromatic nitrogens is 1. The third kappa shape index (κ3) is 2.68. The summed E-state index contributed by atoms with van der Waals surface area (Å²) in [5.41, 5.74) is 0. The summed E-state index contributed by atoms with van der Waals surface area (Å²) >= 11 is 3.40. The molecule has 19 heavy (non-hydrogen) atoms. The lowest BCUT2D eigenvalue weighted by atomic mass is 10.0.